The molecule has 0 aliphatic heterocycles. The summed E-state index contributed by atoms with van der Waals surface area (Å²) in [5, 5.41) is 13.8. The number of thioether (sulfide) groups is 1. The number of hydrogen-bond acceptors (Lipinski definition) is 5. The summed E-state index contributed by atoms with van der Waals surface area (Å²) < 4.78 is 1.49. The second-order valence-electron chi connectivity index (χ2n) is 7.45. The Labute approximate surface area is 182 Å². The van der Waals surface area contributed by atoms with Crippen LogP contribution in [0.4, 0.5) is 0 Å². The molecule has 0 bridgehead atoms. The first kappa shape index (κ1) is 20.5. The van der Waals surface area contributed by atoms with Crippen molar-refractivity contribution in [3.05, 3.63) is 63.9 Å². The number of aromatic nitrogens is 2. The molecule has 0 radical (unpaired) electrons. The highest BCUT2D eigenvalue weighted by molar-refractivity contribution is 7.99. The van der Waals surface area contributed by atoms with E-state index in [0.717, 1.165) is 24.6 Å². The number of rotatable bonds is 6. The normalized spacial score (nSPS) is 15.4. The molecule has 1 saturated carbocycles. The molecule has 1 amide bonds. The summed E-state index contributed by atoms with van der Waals surface area (Å²) in [6, 6.07) is 16.2. The SMILES string of the molecule is CC(C#N)(NC(=O)CSc1nc2ccccc2c(=O)n1-c1ccc(Cl)cc1)C1CC1. The number of hydrogen-bond donors (Lipinski definition) is 1. The summed E-state index contributed by atoms with van der Waals surface area (Å²) in [5.74, 6) is -0.0222. The highest BCUT2D eigenvalue weighted by Gasteiger charge is 2.42. The number of carbonyl (C=O) groups is 1. The number of para-hydroxylation sites is 1. The van der Waals surface area contributed by atoms with Crippen molar-refractivity contribution >= 4 is 40.2 Å². The molecule has 4 rings (SSSR count). The monoisotopic (exact) mass is 438 g/mol. The minimum Gasteiger partial charge on any atom is -0.337 e. The summed E-state index contributed by atoms with van der Waals surface area (Å²) in [4.78, 5) is 30.4. The number of benzene rings is 2. The second kappa shape index (κ2) is 8.13. The topological polar surface area (TPSA) is 87.8 Å². The number of fused-ring (bicyclic) bond motifs is 1. The molecule has 1 unspecified atom stereocenters. The van der Waals surface area contributed by atoms with Crippen LogP contribution in [-0.4, -0.2) is 26.8 Å². The average Bonchev–Trinajstić information content (AvgIpc) is 3.59. The van der Waals surface area contributed by atoms with Gasteiger partial charge < -0.3 is 5.32 Å². The van der Waals surface area contributed by atoms with Crippen molar-refractivity contribution in [2.45, 2.75) is 30.5 Å². The van der Waals surface area contributed by atoms with Crippen LogP contribution in [0.15, 0.2) is 58.5 Å². The predicted octanol–water partition coefficient (Wildman–Crippen LogP) is 3.94. The number of nitrogens with one attached hydrogen (secondary N) is 1. The summed E-state index contributed by atoms with van der Waals surface area (Å²) in [5.41, 5.74) is 0.108. The lowest BCUT2D eigenvalue weighted by atomic mass is 9.98. The van der Waals surface area contributed by atoms with Crippen LogP contribution in [0.2, 0.25) is 5.02 Å². The van der Waals surface area contributed by atoms with Gasteiger partial charge >= 0.3 is 0 Å². The number of amides is 1. The molecule has 3 aromatic rings. The lowest BCUT2D eigenvalue weighted by Crippen LogP contribution is -2.47. The van der Waals surface area contributed by atoms with Crippen LogP contribution in [-0.2, 0) is 4.79 Å². The van der Waals surface area contributed by atoms with Gasteiger partial charge in [-0.15, -0.1) is 0 Å². The van der Waals surface area contributed by atoms with Crippen molar-refractivity contribution < 1.29 is 4.79 Å². The zero-order chi connectivity index (χ0) is 21.3. The fourth-order valence-electron chi connectivity index (χ4n) is 3.36. The van der Waals surface area contributed by atoms with Gasteiger partial charge in [0.15, 0.2) is 5.16 Å². The zero-order valence-electron chi connectivity index (χ0n) is 16.3. The third kappa shape index (κ3) is 4.07. The van der Waals surface area contributed by atoms with E-state index in [1.54, 1.807) is 49.4 Å². The molecule has 1 aromatic heterocycles. The lowest BCUT2D eigenvalue weighted by molar-refractivity contribution is -0.119. The smallest absolute Gasteiger partial charge is 0.266 e. The summed E-state index contributed by atoms with van der Waals surface area (Å²) in [6.07, 6.45) is 1.89. The predicted molar refractivity (Wildman–Crippen MR) is 118 cm³/mol. The zero-order valence-corrected chi connectivity index (χ0v) is 17.8. The maximum atomic E-state index is 13.2. The Balaban J connectivity index is 1.66. The van der Waals surface area contributed by atoms with Crippen molar-refractivity contribution in [1.29, 1.82) is 5.26 Å². The van der Waals surface area contributed by atoms with Gasteiger partial charge in [-0.05, 0) is 62.1 Å². The first-order valence-electron chi connectivity index (χ1n) is 9.54. The van der Waals surface area contributed by atoms with E-state index >= 15 is 0 Å². The standard InChI is InChI=1S/C22H19ClN4O2S/c1-22(13-24,14-6-7-14)26-19(28)12-30-21-25-18-5-3-2-4-17(18)20(29)27(21)16-10-8-15(23)9-11-16/h2-5,8-11,14H,6-7,12H2,1H3,(H,26,28). The molecule has 1 fully saturated rings. The number of halogens is 1. The molecule has 1 N–H and O–H groups in total. The minimum atomic E-state index is -0.857. The van der Waals surface area contributed by atoms with Gasteiger partial charge in [0.25, 0.3) is 5.56 Å². The Bertz CT molecular complexity index is 1210. The minimum absolute atomic E-state index is 0.0440. The van der Waals surface area contributed by atoms with E-state index in [4.69, 9.17) is 11.6 Å². The van der Waals surface area contributed by atoms with Crippen LogP contribution in [0.5, 0.6) is 0 Å². The van der Waals surface area contributed by atoms with E-state index < -0.39 is 5.54 Å². The average molecular weight is 439 g/mol. The van der Waals surface area contributed by atoms with Gasteiger partial charge in [-0.25, -0.2) is 4.98 Å². The third-order valence-electron chi connectivity index (χ3n) is 5.19. The number of nitrogens with zero attached hydrogens (tertiary/aromatic N) is 3. The highest BCUT2D eigenvalue weighted by Crippen LogP contribution is 2.39. The highest BCUT2D eigenvalue weighted by atomic mass is 35.5. The van der Waals surface area contributed by atoms with E-state index in [2.05, 4.69) is 16.4 Å². The molecule has 152 valence electrons. The van der Waals surface area contributed by atoms with E-state index in [9.17, 15) is 14.9 Å². The van der Waals surface area contributed by atoms with E-state index in [1.165, 1.54) is 4.57 Å². The van der Waals surface area contributed by atoms with Crippen molar-refractivity contribution in [3.63, 3.8) is 0 Å². The molecule has 30 heavy (non-hydrogen) atoms. The largest absolute Gasteiger partial charge is 0.337 e. The first-order chi connectivity index (χ1) is 14.4. The fraction of sp³-hybridized carbons (Fsp3) is 0.273. The molecule has 0 saturated heterocycles. The summed E-state index contributed by atoms with van der Waals surface area (Å²) in [6.45, 7) is 1.76. The van der Waals surface area contributed by atoms with Gasteiger partial charge in [0.2, 0.25) is 5.91 Å². The van der Waals surface area contributed by atoms with E-state index in [-0.39, 0.29) is 23.1 Å². The molecular formula is C22H19ClN4O2S. The van der Waals surface area contributed by atoms with Gasteiger partial charge in [0.1, 0.15) is 5.54 Å². The van der Waals surface area contributed by atoms with Crippen LogP contribution < -0.4 is 10.9 Å². The Hall–Kier alpha value is -2.82. The Morgan fingerprint density at radius 3 is 2.67 bits per heavy atom. The molecule has 1 heterocycles. The fourth-order valence-corrected chi connectivity index (χ4v) is 4.30. The van der Waals surface area contributed by atoms with Crippen molar-refractivity contribution in [2.24, 2.45) is 5.92 Å². The second-order valence-corrected chi connectivity index (χ2v) is 8.83. The van der Waals surface area contributed by atoms with Crippen LogP contribution in [0, 0.1) is 17.2 Å². The maximum absolute atomic E-state index is 13.2. The molecule has 8 heteroatoms. The summed E-state index contributed by atoms with van der Waals surface area (Å²) >= 11 is 7.16. The Morgan fingerprint density at radius 1 is 1.30 bits per heavy atom. The maximum Gasteiger partial charge on any atom is 0.266 e. The van der Waals surface area contributed by atoms with Crippen molar-refractivity contribution in [2.75, 3.05) is 5.75 Å². The first-order valence-corrected chi connectivity index (χ1v) is 10.9. The van der Waals surface area contributed by atoms with Crippen LogP contribution in [0.3, 0.4) is 0 Å². The molecular weight excluding hydrogens is 420 g/mol. The van der Waals surface area contributed by atoms with Crippen LogP contribution in [0.25, 0.3) is 16.6 Å². The van der Waals surface area contributed by atoms with Crippen LogP contribution >= 0.6 is 23.4 Å². The molecule has 0 spiro atoms. The van der Waals surface area contributed by atoms with Crippen molar-refractivity contribution in [3.8, 4) is 11.8 Å². The quantitative estimate of drug-likeness (QED) is 0.465. The van der Waals surface area contributed by atoms with Crippen molar-refractivity contribution in [1.82, 2.24) is 14.9 Å². The molecule has 2 aromatic carbocycles. The summed E-state index contributed by atoms with van der Waals surface area (Å²) in [7, 11) is 0. The Morgan fingerprint density at radius 2 is 2.00 bits per heavy atom. The van der Waals surface area contributed by atoms with Gasteiger partial charge in [0.05, 0.1) is 28.4 Å². The molecule has 1 aliphatic rings. The molecule has 1 aliphatic carbocycles. The van der Waals surface area contributed by atoms with E-state index in [1.807, 2.05) is 6.07 Å². The Kier molecular flexibility index (Phi) is 5.54. The van der Waals surface area contributed by atoms with Gasteiger partial charge in [-0.3, -0.25) is 14.2 Å². The molecule has 6 nitrogen and oxygen atoms in total. The molecule has 1 atom stereocenters. The number of nitriles is 1. The van der Waals surface area contributed by atoms with Crippen LogP contribution in [0.1, 0.15) is 19.8 Å². The lowest BCUT2D eigenvalue weighted by Gasteiger charge is -2.22. The van der Waals surface area contributed by atoms with E-state index in [0.29, 0.717) is 26.8 Å². The van der Waals surface area contributed by atoms with Gasteiger partial charge in [-0.1, -0.05) is 35.5 Å². The van der Waals surface area contributed by atoms with Gasteiger partial charge in [-0.2, -0.15) is 5.26 Å². The third-order valence-corrected chi connectivity index (χ3v) is 6.38. The number of carbonyl (C=O) groups excluding carboxylic acids is 1. The van der Waals surface area contributed by atoms with Gasteiger partial charge in [0, 0.05) is 5.02 Å².